The predicted octanol–water partition coefficient (Wildman–Crippen LogP) is 6.40. The Morgan fingerprint density at radius 2 is 1.92 bits per heavy atom. The van der Waals surface area contributed by atoms with Crippen molar-refractivity contribution in [3.8, 4) is 0 Å². The van der Waals surface area contributed by atoms with Crippen molar-refractivity contribution in [3.63, 3.8) is 0 Å². The van der Waals surface area contributed by atoms with Crippen LogP contribution < -0.4 is 0 Å². The summed E-state index contributed by atoms with van der Waals surface area (Å²) in [5.74, 6) is 0.987. The highest BCUT2D eigenvalue weighted by Gasteiger charge is 2.23. The summed E-state index contributed by atoms with van der Waals surface area (Å²) in [7, 11) is 0. The molecule has 1 aliphatic rings. The average Bonchev–Trinajstić information content (AvgIpc) is 2.57. The summed E-state index contributed by atoms with van der Waals surface area (Å²) >= 11 is 0. The zero-order valence-electron chi connectivity index (χ0n) is 15.7. The van der Waals surface area contributed by atoms with Crippen LogP contribution in [0.3, 0.4) is 0 Å². The minimum absolute atomic E-state index is 0.101. The summed E-state index contributed by atoms with van der Waals surface area (Å²) in [6.45, 7) is 8.79. The van der Waals surface area contributed by atoms with Crippen molar-refractivity contribution in [2.45, 2.75) is 59.0 Å². The first-order chi connectivity index (χ1) is 12.0. The Labute approximate surface area is 150 Å². The molecule has 0 bridgehead atoms. The summed E-state index contributed by atoms with van der Waals surface area (Å²) in [4.78, 5) is 12.2. The monoisotopic (exact) mass is 336 g/mol. The first kappa shape index (κ1) is 17.7. The molecule has 0 spiro atoms. The fourth-order valence-corrected chi connectivity index (χ4v) is 3.62. The van der Waals surface area contributed by atoms with E-state index >= 15 is 0 Å². The second-order valence-electron chi connectivity index (χ2n) is 7.72. The molecule has 1 unspecified atom stereocenters. The van der Waals surface area contributed by atoms with Gasteiger partial charge in [-0.3, -0.25) is 4.79 Å². The molecule has 25 heavy (non-hydrogen) atoms. The van der Waals surface area contributed by atoms with Crippen molar-refractivity contribution >= 4 is 22.8 Å². The largest absolute Gasteiger partial charge is 0.453 e. The van der Waals surface area contributed by atoms with Crippen LogP contribution in [0.2, 0.25) is 0 Å². The van der Waals surface area contributed by atoms with Crippen LogP contribution in [0.15, 0.2) is 36.4 Å². The first-order valence-corrected chi connectivity index (χ1v) is 9.40. The molecule has 0 N–H and O–H groups in total. The van der Waals surface area contributed by atoms with Crippen molar-refractivity contribution < 1.29 is 9.53 Å². The van der Waals surface area contributed by atoms with E-state index in [1.165, 1.54) is 21.9 Å². The number of carbonyl (C=O) groups excluding carboxylic acids is 1. The predicted molar refractivity (Wildman–Crippen MR) is 105 cm³/mol. The number of esters is 1. The van der Waals surface area contributed by atoms with Gasteiger partial charge in [-0.05, 0) is 46.2 Å². The van der Waals surface area contributed by atoms with Gasteiger partial charge in [-0.1, -0.05) is 70.5 Å². The van der Waals surface area contributed by atoms with E-state index in [-0.39, 0.29) is 12.1 Å². The molecular formula is C23H28O2. The van der Waals surface area contributed by atoms with Crippen LogP contribution in [0.4, 0.5) is 0 Å². The van der Waals surface area contributed by atoms with Crippen LogP contribution >= 0.6 is 0 Å². The summed E-state index contributed by atoms with van der Waals surface area (Å²) in [5.41, 5.74) is 3.72. The minimum Gasteiger partial charge on any atom is -0.453 e. The van der Waals surface area contributed by atoms with E-state index in [2.05, 4.69) is 64.1 Å². The fourth-order valence-electron chi connectivity index (χ4n) is 3.62. The molecule has 132 valence electrons. The zero-order chi connectivity index (χ0) is 18.0. The lowest BCUT2D eigenvalue weighted by molar-refractivity contribution is -0.147. The van der Waals surface area contributed by atoms with Gasteiger partial charge in [0.1, 0.15) is 6.10 Å². The average molecular weight is 336 g/mol. The third-order valence-electron chi connectivity index (χ3n) is 4.94. The molecule has 0 aliphatic heterocycles. The maximum atomic E-state index is 12.2. The van der Waals surface area contributed by atoms with E-state index in [4.69, 9.17) is 4.74 Å². The molecular weight excluding hydrogens is 308 g/mol. The Kier molecular flexibility index (Phi) is 5.27. The lowest BCUT2D eigenvalue weighted by Crippen LogP contribution is -2.13. The molecule has 0 radical (unpaired) electrons. The molecule has 0 fully saturated rings. The Balaban J connectivity index is 1.86. The van der Waals surface area contributed by atoms with Gasteiger partial charge in [0.05, 0.1) is 0 Å². The Bertz CT molecular complexity index is 799. The van der Waals surface area contributed by atoms with Crippen LogP contribution in [0.5, 0.6) is 0 Å². The molecule has 0 saturated heterocycles. The van der Waals surface area contributed by atoms with E-state index < -0.39 is 0 Å². The van der Waals surface area contributed by atoms with Gasteiger partial charge in [0, 0.05) is 12.0 Å². The highest BCUT2D eigenvalue weighted by Crippen LogP contribution is 2.39. The Hall–Kier alpha value is -2.09. The highest BCUT2D eigenvalue weighted by atomic mass is 16.5. The molecule has 1 atom stereocenters. The first-order valence-electron chi connectivity index (χ1n) is 9.40. The summed E-state index contributed by atoms with van der Waals surface area (Å²) < 4.78 is 5.79. The molecule has 3 rings (SSSR count). The van der Waals surface area contributed by atoms with Crippen molar-refractivity contribution in [1.29, 1.82) is 0 Å². The maximum absolute atomic E-state index is 12.2. The van der Waals surface area contributed by atoms with E-state index in [1.807, 2.05) is 6.08 Å². The summed E-state index contributed by atoms with van der Waals surface area (Å²) in [6, 6.07) is 10.7. The van der Waals surface area contributed by atoms with Gasteiger partial charge in [-0.15, -0.1) is 0 Å². The van der Waals surface area contributed by atoms with E-state index in [0.717, 1.165) is 18.4 Å². The van der Waals surface area contributed by atoms with Crippen LogP contribution in [0.25, 0.3) is 16.8 Å². The zero-order valence-corrected chi connectivity index (χ0v) is 15.7. The van der Waals surface area contributed by atoms with E-state index in [9.17, 15) is 4.79 Å². The minimum atomic E-state index is -0.273. The second kappa shape index (κ2) is 7.43. The van der Waals surface area contributed by atoms with E-state index in [1.54, 1.807) is 0 Å². The van der Waals surface area contributed by atoms with Gasteiger partial charge < -0.3 is 4.74 Å². The molecule has 1 aliphatic carbocycles. The molecule has 2 nitrogen and oxygen atoms in total. The summed E-state index contributed by atoms with van der Waals surface area (Å²) in [5, 5.41) is 2.44. The molecule has 2 aromatic rings. The highest BCUT2D eigenvalue weighted by molar-refractivity contribution is 5.97. The van der Waals surface area contributed by atoms with Crippen LogP contribution in [0, 0.1) is 5.92 Å². The van der Waals surface area contributed by atoms with Crippen molar-refractivity contribution in [2.24, 2.45) is 5.92 Å². The van der Waals surface area contributed by atoms with Crippen molar-refractivity contribution in [3.05, 3.63) is 53.1 Å². The van der Waals surface area contributed by atoms with Crippen LogP contribution in [-0.4, -0.2) is 5.97 Å². The molecule has 0 aromatic heterocycles. The topological polar surface area (TPSA) is 26.3 Å². The lowest BCUT2D eigenvalue weighted by Gasteiger charge is -2.24. The summed E-state index contributed by atoms with van der Waals surface area (Å²) in [6.07, 6.45) is 6.35. The van der Waals surface area contributed by atoms with Gasteiger partial charge in [-0.2, -0.15) is 0 Å². The number of rotatable bonds is 6. The SMILES string of the molecule is CC(C)CCCC(=O)OC1C=Cc2c(C(C)C)ccc3cccc1c23. The lowest BCUT2D eigenvalue weighted by atomic mass is 9.85. The number of hydrogen-bond acceptors (Lipinski definition) is 2. The smallest absolute Gasteiger partial charge is 0.306 e. The number of ether oxygens (including phenoxy) is 1. The van der Waals surface area contributed by atoms with Crippen molar-refractivity contribution in [2.75, 3.05) is 0 Å². The van der Waals surface area contributed by atoms with Crippen LogP contribution in [0.1, 0.15) is 75.7 Å². The van der Waals surface area contributed by atoms with E-state index in [0.29, 0.717) is 18.3 Å². The standard InChI is InChI=1S/C23H28O2/c1-15(2)7-5-10-22(24)25-21-14-13-19-18(16(3)4)12-11-17-8-6-9-20(21)23(17)19/h6,8-9,11-16,21H,5,7,10H2,1-4H3. The quantitative estimate of drug-likeness (QED) is 0.570. The second-order valence-corrected chi connectivity index (χ2v) is 7.72. The molecule has 2 heteroatoms. The normalized spacial score (nSPS) is 16.0. The Morgan fingerprint density at radius 3 is 2.64 bits per heavy atom. The van der Waals surface area contributed by atoms with Gasteiger partial charge in [0.2, 0.25) is 0 Å². The number of benzene rings is 2. The third kappa shape index (κ3) is 3.78. The van der Waals surface area contributed by atoms with Gasteiger partial charge in [0.15, 0.2) is 0 Å². The number of carbonyl (C=O) groups is 1. The van der Waals surface area contributed by atoms with Gasteiger partial charge in [0.25, 0.3) is 0 Å². The van der Waals surface area contributed by atoms with Crippen LogP contribution in [-0.2, 0) is 9.53 Å². The van der Waals surface area contributed by atoms with Gasteiger partial charge >= 0.3 is 5.97 Å². The molecule has 2 aromatic carbocycles. The maximum Gasteiger partial charge on any atom is 0.306 e. The Morgan fingerprint density at radius 1 is 1.12 bits per heavy atom. The number of hydrogen-bond donors (Lipinski definition) is 0. The fraction of sp³-hybridized carbons (Fsp3) is 0.435. The molecule has 0 amide bonds. The van der Waals surface area contributed by atoms with Gasteiger partial charge in [-0.25, -0.2) is 0 Å². The molecule has 0 heterocycles. The third-order valence-corrected chi connectivity index (χ3v) is 4.94. The van der Waals surface area contributed by atoms with Crippen molar-refractivity contribution in [1.82, 2.24) is 0 Å². The molecule has 0 saturated carbocycles.